The molecule has 0 aromatic heterocycles. The SMILES string of the molecule is OC[C@H]1O[C@@H](O[C@@H]2[C@H](O)[C@@H](O)[C@@H](O[C@H]3[C@@H](O)[C@@H](CO)O[C@@H](O[C@H]4[C@H](O)[C@@H](O)C(O)O[C@@H]4CO)[C@@H]3O)O[C@@H]2CO)[C@H](O[C@@H]2O[C@H](CO[C@@H]3O[C@H](CO)[C@@H](O)[C@H](O)[C@H]3O)[C@@H](O)[C@H](O)[C@H]2O)[C@@H](O)[C@H]1O. The number of aliphatic hydroxyl groups is 20. The molecule has 20 N–H and O–H groups in total. The van der Waals surface area contributed by atoms with E-state index in [0.717, 1.165) is 0 Å². The predicted molar refractivity (Wildman–Crippen MR) is 199 cm³/mol. The Hall–Kier alpha value is -1.24. The van der Waals surface area contributed by atoms with Crippen molar-refractivity contribution in [3.63, 3.8) is 0 Å². The van der Waals surface area contributed by atoms with Gasteiger partial charge in [-0.2, -0.15) is 0 Å². The summed E-state index contributed by atoms with van der Waals surface area (Å²) in [5.74, 6) is 0. The minimum atomic E-state index is -2.25. The largest absolute Gasteiger partial charge is 0.394 e. The summed E-state index contributed by atoms with van der Waals surface area (Å²) in [4.78, 5) is 0. The van der Waals surface area contributed by atoms with Gasteiger partial charge in [-0.25, -0.2) is 0 Å². The molecule has 6 saturated heterocycles. The quantitative estimate of drug-likeness (QED) is 0.0683. The molecule has 0 bridgehead atoms. The van der Waals surface area contributed by atoms with Crippen molar-refractivity contribution in [3.8, 4) is 0 Å². The number of hydrogen-bond acceptors (Lipinski definition) is 31. The van der Waals surface area contributed by atoms with E-state index in [1.54, 1.807) is 0 Å². The molecule has 0 aromatic rings. The second kappa shape index (κ2) is 23.5. The van der Waals surface area contributed by atoms with Gasteiger partial charge >= 0.3 is 0 Å². The summed E-state index contributed by atoms with van der Waals surface area (Å²) in [6.45, 7) is -5.52. The van der Waals surface area contributed by atoms with Crippen LogP contribution in [0.5, 0.6) is 0 Å². The molecule has 30 atom stereocenters. The lowest BCUT2D eigenvalue weighted by Gasteiger charge is -2.49. The summed E-state index contributed by atoms with van der Waals surface area (Å²) in [7, 11) is 0. The van der Waals surface area contributed by atoms with E-state index in [2.05, 4.69) is 0 Å². The van der Waals surface area contributed by atoms with Gasteiger partial charge in [0.1, 0.15) is 146 Å². The van der Waals surface area contributed by atoms with Gasteiger partial charge in [-0.3, -0.25) is 0 Å². The highest BCUT2D eigenvalue weighted by Gasteiger charge is 2.57. The molecule has 0 spiro atoms. The van der Waals surface area contributed by atoms with Crippen LogP contribution in [0, 0.1) is 0 Å². The lowest BCUT2D eigenvalue weighted by Crippen LogP contribution is -2.68. The van der Waals surface area contributed by atoms with Crippen LogP contribution in [0.25, 0.3) is 0 Å². The van der Waals surface area contributed by atoms with E-state index in [0.29, 0.717) is 0 Å². The zero-order valence-corrected chi connectivity index (χ0v) is 35.0. The normalized spacial score (nSPS) is 53.4. The first-order valence-electron chi connectivity index (χ1n) is 21.1. The molecule has 67 heavy (non-hydrogen) atoms. The van der Waals surface area contributed by atoms with E-state index < -0.39 is 224 Å². The third-order valence-corrected chi connectivity index (χ3v) is 12.4. The van der Waals surface area contributed by atoms with Gasteiger partial charge in [0, 0.05) is 0 Å². The Morgan fingerprint density at radius 1 is 0.254 bits per heavy atom. The topological polar surface area (TPSA) is 506 Å². The van der Waals surface area contributed by atoms with Gasteiger partial charge in [0.25, 0.3) is 0 Å². The monoisotopic (exact) mass is 990 g/mol. The first-order valence-corrected chi connectivity index (χ1v) is 21.1. The fourth-order valence-electron chi connectivity index (χ4n) is 8.39. The van der Waals surface area contributed by atoms with E-state index in [9.17, 15) is 102 Å². The molecule has 0 aromatic carbocycles. The lowest BCUT2D eigenvalue weighted by molar-refractivity contribution is -0.399. The molecule has 31 heteroatoms. The molecular weight excluding hydrogens is 928 g/mol. The van der Waals surface area contributed by atoms with E-state index in [1.807, 2.05) is 0 Å². The highest BCUT2D eigenvalue weighted by atomic mass is 16.8. The van der Waals surface area contributed by atoms with E-state index in [4.69, 9.17) is 52.1 Å². The van der Waals surface area contributed by atoms with Crippen molar-refractivity contribution in [2.75, 3.05) is 39.6 Å². The molecule has 6 heterocycles. The molecule has 0 aliphatic carbocycles. The van der Waals surface area contributed by atoms with E-state index >= 15 is 0 Å². The first-order chi connectivity index (χ1) is 31.7. The summed E-state index contributed by atoms with van der Waals surface area (Å²) in [5, 5.41) is 210. The highest BCUT2D eigenvalue weighted by Crippen LogP contribution is 2.36. The molecular formula is C36H62O31. The number of ether oxygens (including phenoxy) is 11. The van der Waals surface area contributed by atoms with Gasteiger partial charge in [0.15, 0.2) is 37.7 Å². The van der Waals surface area contributed by atoms with E-state index in [1.165, 1.54) is 0 Å². The molecule has 0 radical (unpaired) electrons. The first kappa shape index (κ1) is 55.1. The van der Waals surface area contributed by atoms with Crippen molar-refractivity contribution in [2.45, 2.75) is 184 Å². The summed E-state index contributed by atoms with van der Waals surface area (Å²) < 4.78 is 60.8. The predicted octanol–water partition coefficient (Wildman–Crippen LogP) is -14.1. The van der Waals surface area contributed by atoms with Crippen LogP contribution in [-0.4, -0.2) is 326 Å². The molecule has 392 valence electrons. The van der Waals surface area contributed by atoms with Crippen LogP contribution < -0.4 is 0 Å². The van der Waals surface area contributed by atoms with Crippen LogP contribution >= 0.6 is 0 Å². The van der Waals surface area contributed by atoms with Crippen molar-refractivity contribution >= 4 is 0 Å². The van der Waals surface area contributed by atoms with Crippen LogP contribution in [0.4, 0.5) is 0 Å². The zero-order valence-electron chi connectivity index (χ0n) is 35.0. The maximum absolute atomic E-state index is 11.4. The summed E-state index contributed by atoms with van der Waals surface area (Å²) in [5.41, 5.74) is 0. The minimum absolute atomic E-state index is 0.800. The van der Waals surface area contributed by atoms with Crippen molar-refractivity contribution < 1.29 is 154 Å². The molecule has 1 unspecified atom stereocenters. The minimum Gasteiger partial charge on any atom is -0.394 e. The molecule has 0 saturated carbocycles. The van der Waals surface area contributed by atoms with Gasteiger partial charge in [-0.15, -0.1) is 0 Å². The second-order valence-corrected chi connectivity index (χ2v) is 16.8. The third kappa shape index (κ3) is 11.4. The van der Waals surface area contributed by atoms with Crippen LogP contribution in [-0.2, 0) is 52.1 Å². The van der Waals surface area contributed by atoms with Gasteiger partial charge in [-0.05, 0) is 0 Å². The molecule has 6 aliphatic rings. The number of aliphatic hydroxyl groups excluding tert-OH is 20. The fraction of sp³-hybridized carbons (Fsp3) is 1.00. The molecule has 6 rings (SSSR count). The molecule has 31 nitrogen and oxygen atoms in total. The average molecular weight is 991 g/mol. The highest BCUT2D eigenvalue weighted by molar-refractivity contribution is 4.99. The van der Waals surface area contributed by atoms with Gasteiger partial charge in [-0.1, -0.05) is 0 Å². The Morgan fingerprint density at radius 2 is 0.597 bits per heavy atom. The second-order valence-electron chi connectivity index (χ2n) is 16.8. The smallest absolute Gasteiger partial charge is 0.187 e. The van der Waals surface area contributed by atoms with Crippen molar-refractivity contribution in [3.05, 3.63) is 0 Å². The van der Waals surface area contributed by atoms with Crippen LogP contribution in [0.2, 0.25) is 0 Å². The standard InChI is InChI=1S/C36H62O31/c37-1-7-13(42)17(46)23(52)32(59-7)57-6-12-15(44)18(47)24(53)33(63-12)67-30-19(48)14(43)8(2-38)61-36(30)65-28-11(5-41)62-34(25(54)21(28)50)66-29-16(45)9(3-39)60-35(26(29)55)64-27-10(4-40)58-31(56)22(51)20(27)49/h7-56H,1-6H2/t7-,8-,9-,10-,11-,12-,13-,14+,15-,16+,17+,18+,19+,20-,21-,22-,23-,24-,25-,26-,27-,28+,29+,30-,31?,32-,33+,34-,35+,36+/m1/s1. The van der Waals surface area contributed by atoms with Crippen molar-refractivity contribution in [2.24, 2.45) is 0 Å². The lowest BCUT2D eigenvalue weighted by atomic mass is 9.95. The maximum Gasteiger partial charge on any atom is 0.187 e. The van der Waals surface area contributed by atoms with Gasteiger partial charge < -0.3 is 154 Å². The van der Waals surface area contributed by atoms with Crippen LogP contribution in [0.1, 0.15) is 0 Å². The summed E-state index contributed by atoms with van der Waals surface area (Å²) >= 11 is 0. The third-order valence-electron chi connectivity index (χ3n) is 12.4. The van der Waals surface area contributed by atoms with E-state index in [-0.39, 0.29) is 0 Å². The zero-order chi connectivity index (χ0) is 49.3. The Kier molecular flexibility index (Phi) is 19.4. The fourth-order valence-corrected chi connectivity index (χ4v) is 8.39. The van der Waals surface area contributed by atoms with Crippen molar-refractivity contribution in [1.82, 2.24) is 0 Å². The Balaban J connectivity index is 1.15. The van der Waals surface area contributed by atoms with Crippen LogP contribution in [0.3, 0.4) is 0 Å². The van der Waals surface area contributed by atoms with Crippen molar-refractivity contribution in [1.29, 1.82) is 0 Å². The van der Waals surface area contributed by atoms with Gasteiger partial charge in [0.2, 0.25) is 0 Å². The summed E-state index contributed by atoms with van der Waals surface area (Å²) in [6, 6.07) is 0. The Labute approximate surface area is 378 Å². The molecule has 0 amide bonds. The number of rotatable bonds is 16. The summed E-state index contributed by atoms with van der Waals surface area (Å²) in [6.07, 6.45) is -57.5. The Bertz CT molecular complexity index is 1500. The van der Waals surface area contributed by atoms with Crippen LogP contribution in [0.15, 0.2) is 0 Å². The molecule has 6 fully saturated rings. The molecule has 6 aliphatic heterocycles. The maximum atomic E-state index is 11.4. The Morgan fingerprint density at radius 3 is 1.16 bits per heavy atom. The average Bonchev–Trinajstić information content (AvgIpc) is 3.32. The van der Waals surface area contributed by atoms with Gasteiger partial charge in [0.05, 0.1) is 39.6 Å². The number of hydrogen-bond donors (Lipinski definition) is 20.